The van der Waals surface area contributed by atoms with E-state index in [1.807, 2.05) is 0 Å². The Morgan fingerprint density at radius 1 is 1.00 bits per heavy atom. The first-order chi connectivity index (χ1) is 13.9. The second-order valence-corrected chi connectivity index (χ2v) is 8.59. The molecule has 2 heterocycles. The van der Waals surface area contributed by atoms with Crippen LogP contribution < -0.4 is 0 Å². The van der Waals surface area contributed by atoms with Gasteiger partial charge in [0.2, 0.25) is 9.84 Å². The van der Waals surface area contributed by atoms with Gasteiger partial charge in [0, 0.05) is 30.6 Å². The molecule has 0 fully saturated rings. The van der Waals surface area contributed by atoms with Gasteiger partial charge in [-0.25, -0.2) is 17.8 Å². The number of carbonyl (C=O) groups excluding carboxylic acids is 1. The van der Waals surface area contributed by atoms with Gasteiger partial charge in [-0.3, -0.25) is 4.79 Å². The first-order valence-corrected chi connectivity index (χ1v) is 10.5. The highest BCUT2D eigenvalue weighted by Crippen LogP contribution is 2.22. The summed E-state index contributed by atoms with van der Waals surface area (Å²) in [5.74, 6) is -0.604. The number of halogens is 1. The van der Waals surface area contributed by atoms with E-state index in [1.165, 1.54) is 30.3 Å². The molecule has 0 amide bonds. The zero-order chi connectivity index (χ0) is 20.4. The Bertz CT molecular complexity index is 1300. The molecule has 2 aromatic carbocycles. The molecule has 146 valence electrons. The van der Waals surface area contributed by atoms with Gasteiger partial charge in [0.05, 0.1) is 9.79 Å². The summed E-state index contributed by atoms with van der Waals surface area (Å²) in [6.45, 7) is 0. The summed E-state index contributed by atoms with van der Waals surface area (Å²) in [5.41, 5.74) is 2.22. The lowest BCUT2D eigenvalue weighted by molar-refractivity contribution is 0.0982. The SMILES string of the molecule is O=C(CCc1ccc(S(=O)(=O)c2cccc(F)c2)cc1)c1ccc2nccn2c1. The zero-order valence-corrected chi connectivity index (χ0v) is 16.1. The predicted octanol–water partition coefficient (Wildman–Crippen LogP) is 4.12. The molecular formula is C22H17FN2O3S. The number of ketones is 1. The van der Waals surface area contributed by atoms with Gasteiger partial charge in [-0.15, -0.1) is 0 Å². The van der Waals surface area contributed by atoms with E-state index in [1.54, 1.807) is 47.3 Å². The molecule has 0 aliphatic rings. The number of hydrogen-bond acceptors (Lipinski definition) is 4. The highest BCUT2D eigenvalue weighted by molar-refractivity contribution is 7.91. The molecule has 4 rings (SSSR count). The van der Waals surface area contributed by atoms with E-state index in [9.17, 15) is 17.6 Å². The molecular weight excluding hydrogens is 391 g/mol. The van der Waals surface area contributed by atoms with Crippen LogP contribution in [0.4, 0.5) is 4.39 Å². The number of carbonyl (C=O) groups is 1. The third kappa shape index (κ3) is 3.95. The lowest BCUT2D eigenvalue weighted by Crippen LogP contribution is -2.04. The van der Waals surface area contributed by atoms with Gasteiger partial charge in [0.25, 0.3) is 0 Å². The van der Waals surface area contributed by atoms with E-state index in [0.29, 0.717) is 18.4 Å². The van der Waals surface area contributed by atoms with E-state index in [-0.39, 0.29) is 15.6 Å². The van der Waals surface area contributed by atoms with Crippen molar-refractivity contribution in [2.45, 2.75) is 22.6 Å². The van der Waals surface area contributed by atoms with Gasteiger partial charge in [-0.2, -0.15) is 0 Å². The van der Waals surface area contributed by atoms with Crippen LogP contribution >= 0.6 is 0 Å². The molecule has 5 nitrogen and oxygen atoms in total. The third-order valence-electron chi connectivity index (χ3n) is 4.69. The van der Waals surface area contributed by atoms with Crippen molar-refractivity contribution in [1.29, 1.82) is 0 Å². The standard InChI is InChI=1S/C22H17FN2O3S/c23-18-2-1-3-20(14-18)29(27,28)19-8-4-16(5-9-19)6-10-21(26)17-7-11-22-24-12-13-25(22)15-17/h1-5,7-9,11-15H,6,10H2. The Kier molecular flexibility index (Phi) is 4.98. The lowest BCUT2D eigenvalue weighted by Gasteiger charge is -2.07. The fourth-order valence-corrected chi connectivity index (χ4v) is 4.38. The number of nitrogens with zero attached hydrogens (tertiary/aromatic N) is 2. The van der Waals surface area contributed by atoms with Gasteiger partial charge in [0.1, 0.15) is 11.5 Å². The van der Waals surface area contributed by atoms with Crippen molar-refractivity contribution in [2.24, 2.45) is 0 Å². The maximum absolute atomic E-state index is 13.4. The van der Waals surface area contributed by atoms with Crippen molar-refractivity contribution in [2.75, 3.05) is 0 Å². The molecule has 0 saturated heterocycles. The van der Waals surface area contributed by atoms with Crippen LogP contribution in [0.2, 0.25) is 0 Å². The van der Waals surface area contributed by atoms with E-state index in [0.717, 1.165) is 17.3 Å². The Morgan fingerprint density at radius 3 is 2.55 bits per heavy atom. The molecule has 0 N–H and O–H groups in total. The number of pyridine rings is 1. The van der Waals surface area contributed by atoms with Crippen LogP contribution in [0.3, 0.4) is 0 Å². The average molecular weight is 408 g/mol. The van der Waals surface area contributed by atoms with Crippen molar-refractivity contribution < 1.29 is 17.6 Å². The van der Waals surface area contributed by atoms with E-state index in [2.05, 4.69) is 4.98 Å². The van der Waals surface area contributed by atoms with Crippen LogP contribution in [-0.4, -0.2) is 23.6 Å². The maximum Gasteiger partial charge on any atom is 0.206 e. The summed E-state index contributed by atoms with van der Waals surface area (Å²) in [5, 5.41) is 0. The second-order valence-electron chi connectivity index (χ2n) is 6.64. The molecule has 4 aromatic rings. The minimum absolute atomic E-state index is 0.00272. The number of rotatable bonds is 6. The maximum atomic E-state index is 13.4. The van der Waals surface area contributed by atoms with E-state index >= 15 is 0 Å². The number of fused-ring (bicyclic) bond motifs is 1. The Hall–Kier alpha value is -3.32. The van der Waals surface area contributed by atoms with Gasteiger partial charge < -0.3 is 4.40 Å². The summed E-state index contributed by atoms with van der Waals surface area (Å²) in [6, 6.07) is 14.8. The van der Waals surface area contributed by atoms with Gasteiger partial charge in [0.15, 0.2) is 5.78 Å². The summed E-state index contributed by atoms with van der Waals surface area (Å²) in [6.07, 6.45) is 5.99. The Balaban J connectivity index is 1.46. The fourth-order valence-electron chi connectivity index (χ4n) is 3.09. The molecule has 0 bridgehead atoms. The molecule has 2 aromatic heterocycles. The molecule has 0 radical (unpaired) electrons. The topological polar surface area (TPSA) is 68.5 Å². The number of imidazole rings is 1. The zero-order valence-electron chi connectivity index (χ0n) is 15.3. The van der Waals surface area contributed by atoms with Crippen LogP contribution in [0.1, 0.15) is 22.3 Å². The molecule has 0 spiro atoms. The molecule has 29 heavy (non-hydrogen) atoms. The summed E-state index contributed by atoms with van der Waals surface area (Å²) < 4.78 is 40.4. The van der Waals surface area contributed by atoms with Crippen LogP contribution in [-0.2, 0) is 16.3 Å². The third-order valence-corrected chi connectivity index (χ3v) is 6.46. The molecule has 0 saturated carbocycles. The largest absolute Gasteiger partial charge is 0.306 e. The van der Waals surface area contributed by atoms with Crippen LogP contribution in [0, 0.1) is 5.82 Å². The van der Waals surface area contributed by atoms with Crippen LogP contribution in [0.15, 0.2) is 89.0 Å². The van der Waals surface area contributed by atoms with Gasteiger partial charge in [-0.05, 0) is 54.4 Å². The molecule has 0 atom stereocenters. The minimum Gasteiger partial charge on any atom is -0.306 e. The summed E-state index contributed by atoms with van der Waals surface area (Å²) in [4.78, 5) is 16.6. The fraction of sp³-hybridized carbons (Fsp3) is 0.0909. The van der Waals surface area contributed by atoms with Crippen molar-refractivity contribution in [3.05, 3.63) is 96.2 Å². The number of sulfone groups is 1. The first kappa shape index (κ1) is 19.0. The average Bonchev–Trinajstić information content (AvgIpc) is 3.20. The van der Waals surface area contributed by atoms with Gasteiger partial charge in [-0.1, -0.05) is 18.2 Å². The summed E-state index contributed by atoms with van der Waals surface area (Å²) >= 11 is 0. The highest BCUT2D eigenvalue weighted by Gasteiger charge is 2.18. The number of aromatic nitrogens is 2. The second kappa shape index (κ2) is 7.60. The number of aryl methyl sites for hydroxylation is 1. The monoisotopic (exact) mass is 408 g/mol. The summed E-state index contributed by atoms with van der Waals surface area (Å²) in [7, 11) is -3.78. The van der Waals surface area contributed by atoms with Gasteiger partial charge >= 0.3 is 0 Å². The highest BCUT2D eigenvalue weighted by atomic mass is 32.2. The predicted molar refractivity (Wildman–Crippen MR) is 106 cm³/mol. The minimum atomic E-state index is -3.78. The molecule has 0 unspecified atom stereocenters. The molecule has 0 aliphatic heterocycles. The van der Waals surface area contributed by atoms with Crippen LogP contribution in [0.25, 0.3) is 5.65 Å². The molecule has 7 heteroatoms. The van der Waals surface area contributed by atoms with Crippen molar-refractivity contribution in [1.82, 2.24) is 9.38 Å². The Labute approximate surface area is 167 Å². The first-order valence-electron chi connectivity index (χ1n) is 8.99. The Morgan fingerprint density at radius 2 is 1.79 bits per heavy atom. The van der Waals surface area contributed by atoms with E-state index < -0.39 is 15.7 Å². The number of benzene rings is 2. The quantitative estimate of drug-likeness (QED) is 0.450. The smallest absolute Gasteiger partial charge is 0.206 e. The molecule has 0 aliphatic carbocycles. The number of hydrogen-bond donors (Lipinski definition) is 0. The van der Waals surface area contributed by atoms with E-state index in [4.69, 9.17) is 0 Å². The van der Waals surface area contributed by atoms with Crippen LogP contribution in [0.5, 0.6) is 0 Å². The number of Topliss-reactive ketones (excluding diaryl/α,β-unsaturated/α-hetero) is 1. The normalized spacial score (nSPS) is 11.6. The van der Waals surface area contributed by atoms with Crippen molar-refractivity contribution >= 4 is 21.3 Å². The lowest BCUT2D eigenvalue weighted by atomic mass is 10.0. The van der Waals surface area contributed by atoms with Crippen molar-refractivity contribution in [3.63, 3.8) is 0 Å². The van der Waals surface area contributed by atoms with Crippen molar-refractivity contribution in [3.8, 4) is 0 Å².